The Morgan fingerprint density at radius 3 is 3.15 bits per heavy atom. The Labute approximate surface area is 79.1 Å². The molecule has 0 radical (unpaired) electrons. The van der Waals surface area contributed by atoms with Crippen LogP contribution in [-0.2, 0) is 13.5 Å². The summed E-state index contributed by atoms with van der Waals surface area (Å²) in [6.45, 7) is 1.18. The van der Waals surface area contributed by atoms with E-state index < -0.39 is 0 Å². The van der Waals surface area contributed by atoms with E-state index in [9.17, 15) is 0 Å². The zero-order valence-corrected chi connectivity index (χ0v) is 8.16. The molecule has 1 atom stereocenters. The van der Waals surface area contributed by atoms with Crippen LogP contribution >= 0.6 is 0 Å². The predicted octanol–water partition coefficient (Wildman–Crippen LogP) is 1.10. The molecule has 1 N–H and O–H groups in total. The Kier molecular flexibility index (Phi) is 2.64. The second kappa shape index (κ2) is 3.92. The molecule has 2 heterocycles. The molecule has 72 valence electrons. The van der Waals surface area contributed by atoms with Crippen LogP contribution in [-0.4, -0.2) is 22.4 Å². The SMILES string of the molecule is Cn1nccc1CC1CCCCN1. The van der Waals surface area contributed by atoms with Gasteiger partial charge in [0.2, 0.25) is 0 Å². The quantitative estimate of drug-likeness (QED) is 0.737. The van der Waals surface area contributed by atoms with E-state index in [-0.39, 0.29) is 0 Å². The largest absolute Gasteiger partial charge is 0.314 e. The highest BCUT2D eigenvalue weighted by molar-refractivity contribution is 5.02. The number of hydrogen-bond donors (Lipinski definition) is 1. The molecule has 2 rings (SSSR count). The Hall–Kier alpha value is -0.830. The van der Waals surface area contributed by atoms with Crippen LogP contribution in [0, 0.1) is 0 Å². The summed E-state index contributed by atoms with van der Waals surface area (Å²) in [5.41, 5.74) is 1.33. The third-order valence-corrected chi connectivity index (χ3v) is 2.79. The minimum Gasteiger partial charge on any atom is -0.314 e. The molecule has 1 aromatic rings. The molecule has 1 fully saturated rings. The van der Waals surface area contributed by atoms with Crippen LogP contribution in [0.4, 0.5) is 0 Å². The Balaban J connectivity index is 1.93. The highest BCUT2D eigenvalue weighted by Gasteiger charge is 2.13. The van der Waals surface area contributed by atoms with Crippen molar-refractivity contribution in [1.29, 1.82) is 0 Å². The van der Waals surface area contributed by atoms with Crippen molar-refractivity contribution in [3.05, 3.63) is 18.0 Å². The van der Waals surface area contributed by atoms with Gasteiger partial charge in [-0.25, -0.2) is 0 Å². The predicted molar refractivity (Wildman–Crippen MR) is 52.6 cm³/mol. The molecule has 0 spiro atoms. The van der Waals surface area contributed by atoms with Gasteiger partial charge in [0.1, 0.15) is 0 Å². The number of piperidine rings is 1. The molecule has 0 aromatic carbocycles. The average molecular weight is 179 g/mol. The van der Waals surface area contributed by atoms with Crippen molar-refractivity contribution >= 4 is 0 Å². The first-order valence-corrected chi connectivity index (χ1v) is 5.06. The number of hydrogen-bond acceptors (Lipinski definition) is 2. The minimum atomic E-state index is 0.671. The standard InChI is InChI=1S/C10H17N3/c1-13-10(5-7-12-13)8-9-4-2-3-6-11-9/h5,7,9,11H,2-4,6,8H2,1H3. The van der Waals surface area contributed by atoms with Gasteiger partial charge in [-0.15, -0.1) is 0 Å². The lowest BCUT2D eigenvalue weighted by atomic mass is 10.0. The van der Waals surface area contributed by atoms with Crippen LogP contribution < -0.4 is 5.32 Å². The smallest absolute Gasteiger partial charge is 0.0492 e. The normalized spacial score (nSPS) is 23.3. The lowest BCUT2D eigenvalue weighted by Crippen LogP contribution is -2.36. The van der Waals surface area contributed by atoms with Crippen molar-refractivity contribution < 1.29 is 0 Å². The molecule has 1 aromatic heterocycles. The van der Waals surface area contributed by atoms with Gasteiger partial charge < -0.3 is 5.32 Å². The molecule has 0 amide bonds. The van der Waals surface area contributed by atoms with Gasteiger partial charge in [-0.3, -0.25) is 4.68 Å². The Bertz CT molecular complexity index is 261. The summed E-state index contributed by atoms with van der Waals surface area (Å²) in [4.78, 5) is 0. The number of aromatic nitrogens is 2. The van der Waals surface area contributed by atoms with Crippen molar-refractivity contribution in [2.75, 3.05) is 6.54 Å². The fraction of sp³-hybridized carbons (Fsp3) is 0.700. The first-order chi connectivity index (χ1) is 6.36. The number of rotatable bonds is 2. The van der Waals surface area contributed by atoms with Gasteiger partial charge in [0.15, 0.2) is 0 Å². The fourth-order valence-corrected chi connectivity index (χ4v) is 1.95. The minimum absolute atomic E-state index is 0.671. The zero-order chi connectivity index (χ0) is 9.10. The molecule has 1 aliphatic rings. The second-order valence-electron chi connectivity index (χ2n) is 3.80. The average Bonchev–Trinajstić information content (AvgIpc) is 2.54. The van der Waals surface area contributed by atoms with E-state index in [4.69, 9.17) is 0 Å². The third kappa shape index (κ3) is 2.10. The lowest BCUT2D eigenvalue weighted by molar-refractivity contribution is 0.393. The van der Waals surface area contributed by atoms with Crippen molar-refractivity contribution in [3.63, 3.8) is 0 Å². The van der Waals surface area contributed by atoms with Crippen LogP contribution in [0.2, 0.25) is 0 Å². The van der Waals surface area contributed by atoms with Crippen molar-refractivity contribution in [3.8, 4) is 0 Å². The highest BCUT2D eigenvalue weighted by Crippen LogP contribution is 2.11. The highest BCUT2D eigenvalue weighted by atomic mass is 15.3. The summed E-state index contributed by atoms with van der Waals surface area (Å²) in [6, 6.07) is 2.78. The molecule has 1 unspecified atom stereocenters. The van der Waals surface area contributed by atoms with Gasteiger partial charge in [-0.05, 0) is 25.5 Å². The molecule has 0 bridgehead atoms. The van der Waals surface area contributed by atoms with E-state index in [1.54, 1.807) is 0 Å². The van der Waals surface area contributed by atoms with E-state index in [1.807, 2.05) is 17.9 Å². The van der Waals surface area contributed by atoms with E-state index >= 15 is 0 Å². The molecule has 3 heteroatoms. The summed E-state index contributed by atoms with van der Waals surface area (Å²) in [6.07, 6.45) is 7.01. The number of nitrogens with one attached hydrogen (secondary N) is 1. The van der Waals surface area contributed by atoms with Gasteiger partial charge in [0, 0.05) is 31.4 Å². The lowest BCUT2D eigenvalue weighted by Gasteiger charge is -2.23. The van der Waals surface area contributed by atoms with Crippen molar-refractivity contribution in [1.82, 2.24) is 15.1 Å². The number of aryl methyl sites for hydroxylation is 1. The summed E-state index contributed by atoms with van der Waals surface area (Å²) < 4.78 is 1.97. The van der Waals surface area contributed by atoms with Crippen LogP contribution in [0.1, 0.15) is 25.0 Å². The maximum atomic E-state index is 4.17. The molecule has 0 saturated carbocycles. The monoisotopic (exact) mass is 179 g/mol. The topological polar surface area (TPSA) is 29.9 Å². The van der Waals surface area contributed by atoms with Crippen LogP contribution in [0.5, 0.6) is 0 Å². The maximum absolute atomic E-state index is 4.17. The summed E-state index contributed by atoms with van der Waals surface area (Å²) in [5.74, 6) is 0. The molecule has 1 saturated heterocycles. The second-order valence-corrected chi connectivity index (χ2v) is 3.80. The first-order valence-electron chi connectivity index (χ1n) is 5.06. The van der Waals surface area contributed by atoms with Crippen LogP contribution in [0.3, 0.4) is 0 Å². The molecule has 1 aliphatic heterocycles. The van der Waals surface area contributed by atoms with E-state index in [1.165, 1.54) is 31.5 Å². The maximum Gasteiger partial charge on any atom is 0.0492 e. The Morgan fingerprint density at radius 2 is 2.54 bits per heavy atom. The van der Waals surface area contributed by atoms with E-state index in [0.717, 1.165) is 6.42 Å². The third-order valence-electron chi connectivity index (χ3n) is 2.79. The molecule has 0 aliphatic carbocycles. The molecular formula is C10H17N3. The van der Waals surface area contributed by atoms with Crippen molar-refractivity contribution in [2.45, 2.75) is 31.7 Å². The molecule has 3 nitrogen and oxygen atoms in total. The summed E-state index contributed by atoms with van der Waals surface area (Å²) in [7, 11) is 2.01. The van der Waals surface area contributed by atoms with Gasteiger partial charge >= 0.3 is 0 Å². The van der Waals surface area contributed by atoms with E-state index in [0.29, 0.717) is 6.04 Å². The van der Waals surface area contributed by atoms with Crippen LogP contribution in [0.25, 0.3) is 0 Å². The number of nitrogens with zero attached hydrogens (tertiary/aromatic N) is 2. The zero-order valence-electron chi connectivity index (χ0n) is 8.16. The Morgan fingerprint density at radius 1 is 1.62 bits per heavy atom. The van der Waals surface area contributed by atoms with E-state index in [2.05, 4.69) is 16.5 Å². The van der Waals surface area contributed by atoms with Gasteiger partial charge in [-0.2, -0.15) is 5.10 Å². The van der Waals surface area contributed by atoms with Gasteiger partial charge in [0.05, 0.1) is 0 Å². The fourth-order valence-electron chi connectivity index (χ4n) is 1.95. The van der Waals surface area contributed by atoms with Crippen molar-refractivity contribution in [2.24, 2.45) is 7.05 Å². The van der Waals surface area contributed by atoms with Gasteiger partial charge in [-0.1, -0.05) is 6.42 Å². The molecular weight excluding hydrogens is 162 g/mol. The summed E-state index contributed by atoms with van der Waals surface area (Å²) >= 11 is 0. The molecule has 13 heavy (non-hydrogen) atoms. The van der Waals surface area contributed by atoms with Crippen LogP contribution in [0.15, 0.2) is 12.3 Å². The first kappa shape index (κ1) is 8.75. The van der Waals surface area contributed by atoms with Gasteiger partial charge in [0.25, 0.3) is 0 Å². The summed E-state index contributed by atoms with van der Waals surface area (Å²) in [5, 5.41) is 7.71.